The summed E-state index contributed by atoms with van der Waals surface area (Å²) in [7, 11) is 0. The lowest BCUT2D eigenvalue weighted by molar-refractivity contribution is -0.134. The third-order valence-electron chi connectivity index (χ3n) is 3.05. The van der Waals surface area contributed by atoms with Gasteiger partial charge in [0.1, 0.15) is 0 Å². The number of carbonyl (C=O) groups is 2. The molecule has 0 saturated carbocycles. The monoisotopic (exact) mass is 278 g/mol. The van der Waals surface area contributed by atoms with Crippen LogP contribution in [0, 0.1) is 5.41 Å². The van der Waals surface area contributed by atoms with Crippen molar-refractivity contribution in [3.8, 4) is 0 Å². The van der Waals surface area contributed by atoms with Crippen LogP contribution in [-0.2, 0) is 14.3 Å². The second kappa shape index (κ2) is 7.05. The molecule has 0 spiro atoms. The Bertz CT molecular complexity index is 457. The molecule has 1 aromatic carbocycles. The zero-order valence-corrected chi connectivity index (χ0v) is 12.2. The molecule has 0 aliphatic heterocycles. The van der Waals surface area contributed by atoms with Crippen molar-refractivity contribution >= 4 is 11.8 Å². The third kappa shape index (κ3) is 4.35. The fourth-order valence-corrected chi connectivity index (χ4v) is 1.61. The highest BCUT2D eigenvalue weighted by molar-refractivity contribution is 5.84. The number of primary amides is 1. The number of hydrogen-bond acceptors (Lipinski definition) is 3. The normalized spacial score (nSPS) is 12.8. The lowest BCUT2D eigenvalue weighted by Crippen LogP contribution is -2.44. The summed E-state index contributed by atoms with van der Waals surface area (Å²) in [4.78, 5) is 23.5. The standard InChI is InChI=1S/C15H22N2O3/c1-4-20-12(11-8-6-5-7-9-11)13(18)17-10-15(2,3)14(16)19/h5-9,12H,4,10H2,1-3H3,(H2,16,19)(H,17,18). The molecule has 0 bridgehead atoms. The first-order valence-corrected chi connectivity index (χ1v) is 6.62. The molecule has 0 fully saturated rings. The molecule has 0 saturated heterocycles. The van der Waals surface area contributed by atoms with Crippen molar-refractivity contribution in [3.63, 3.8) is 0 Å². The first kappa shape index (κ1) is 16.2. The Morgan fingerprint density at radius 3 is 2.40 bits per heavy atom. The fourth-order valence-electron chi connectivity index (χ4n) is 1.61. The molecule has 0 heterocycles. The van der Waals surface area contributed by atoms with Crippen LogP contribution in [0.5, 0.6) is 0 Å². The summed E-state index contributed by atoms with van der Waals surface area (Å²) in [5.74, 6) is -0.724. The molecule has 3 N–H and O–H groups in total. The van der Waals surface area contributed by atoms with Gasteiger partial charge in [-0.05, 0) is 26.3 Å². The summed E-state index contributed by atoms with van der Waals surface area (Å²) in [5, 5.41) is 2.72. The van der Waals surface area contributed by atoms with Gasteiger partial charge in [-0.25, -0.2) is 0 Å². The summed E-state index contributed by atoms with van der Waals surface area (Å²) in [6.07, 6.45) is -0.676. The molecule has 1 aromatic rings. The van der Waals surface area contributed by atoms with Gasteiger partial charge >= 0.3 is 0 Å². The van der Waals surface area contributed by atoms with E-state index in [9.17, 15) is 9.59 Å². The number of benzene rings is 1. The maximum absolute atomic E-state index is 12.2. The van der Waals surface area contributed by atoms with E-state index in [0.29, 0.717) is 6.61 Å². The van der Waals surface area contributed by atoms with Gasteiger partial charge in [0.05, 0.1) is 5.41 Å². The SMILES string of the molecule is CCOC(C(=O)NCC(C)(C)C(N)=O)c1ccccc1. The summed E-state index contributed by atoms with van der Waals surface area (Å²) in [6.45, 7) is 5.81. The van der Waals surface area contributed by atoms with Crippen molar-refractivity contribution in [2.24, 2.45) is 11.1 Å². The minimum Gasteiger partial charge on any atom is -0.369 e. The van der Waals surface area contributed by atoms with E-state index in [2.05, 4.69) is 5.32 Å². The molecule has 0 aliphatic rings. The largest absolute Gasteiger partial charge is 0.369 e. The van der Waals surface area contributed by atoms with E-state index in [1.165, 1.54) is 0 Å². The summed E-state index contributed by atoms with van der Waals surface area (Å²) in [5.41, 5.74) is 5.27. The number of nitrogens with two attached hydrogens (primary N) is 1. The molecule has 110 valence electrons. The summed E-state index contributed by atoms with van der Waals surface area (Å²) < 4.78 is 5.49. The maximum atomic E-state index is 12.2. The van der Waals surface area contributed by atoms with Crippen molar-refractivity contribution in [2.45, 2.75) is 26.9 Å². The van der Waals surface area contributed by atoms with E-state index in [4.69, 9.17) is 10.5 Å². The lowest BCUT2D eigenvalue weighted by atomic mass is 9.92. The van der Waals surface area contributed by atoms with Crippen LogP contribution in [0.1, 0.15) is 32.4 Å². The molecule has 2 amide bonds. The molecular formula is C15H22N2O3. The molecule has 1 atom stereocenters. The van der Waals surface area contributed by atoms with E-state index in [1.807, 2.05) is 37.3 Å². The van der Waals surface area contributed by atoms with E-state index in [-0.39, 0.29) is 12.5 Å². The second-order valence-electron chi connectivity index (χ2n) is 5.21. The zero-order chi connectivity index (χ0) is 15.2. The Hall–Kier alpha value is -1.88. The lowest BCUT2D eigenvalue weighted by Gasteiger charge is -2.23. The highest BCUT2D eigenvalue weighted by atomic mass is 16.5. The number of amides is 2. The van der Waals surface area contributed by atoms with Crippen LogP contribution in [0.15, 0.2) is 30.3 Å². The number of rotatable bonds is 7. The van der Waals surface area contributed by atoms with Gasteiger partial charge < -0.3 is 15.8 Å². The number of hydrogen-bond donors (Lipinski definition) is 2. The highest BCUT2D eigenvalue weighted by Gasteiger charge is 2.28. The Morgan fingerprint density at radius 2 is 1.90 bits per heavy atom. The Labute approximate surface area is 119 Å². The first-order valence-electron chi connectivity index (χ1n) is 6.62. The first-order chi connectivity index (χ1) is 9.38. The maximum Gasteiger partial charge on any atom is 0.253 e. The van der Waals surface area contributed by atoms with Crippen LogP contribution in [0.25, 0.3) is 0 Å². The smallest absolute Gasteiger partial charge is 0.253 e. The Balaban J connectivity index is 2.74. The predicted octanol–water partition coefficient (Wildman–Crippen LogP) is 1.39. The Kier molecular flexibility index (Phi) is 5.70. The number of ether oxygens (including phenoxy) is 1. The van der Waals surface area contributed by atoms with E-state index in [0.717, 1.165) is 5.56 Å². The van der Waals surface area contributed by atoms with Crippen LogP contribution in [0.3, 0.4) is 0 Å². The van der Waals surface area contributed by atoms with E-state index < -0.39 is 17.4 Å². The molecule has 0 aliphatic carbocycles. The van der Waals surface area contributed by atoms with Crippen LogP contribution < -0.4 is 11.1 Å². The number of carbonyl (C=O) groups excluding carboxylic acids is 2. The van der Waals surface area contributed by atoms with Crippen molar-refractivity contribution in [3.05, 3.63) is 35.9 Å². The predicted molar refractivity (Wildman–Crippen MR) is 76.8 cm³/mol. The van der Waals surface area contributed by atoms with Crippen molar-refractivity contribution < 1.29 is 14.3 Å². The molecule has 0 radical (unpaired) electrons. The third-order valence-corrected chi connectivity index (χ3v) is 3.05. The summed E-state index contributed by atoms with van der Waals surface area (Å²) >= 11 is 0. The highest BCUT2D eigenvalue weighted by Crippen LogP contribution is 2.18. The van der Waals surface area contributed by atoms with E-state index in [1.54, 1.807) is 13.8 Å². The van der Waals surface area contributed by atoms with Crippen molar-refractivity contribution in [1.29, 1.82) is 0 Å². The Morgan fingerprint density at radius 1 is 1.30 bits per heavy atom. The van der Waals surface area contributed by atoms with Gasteiger partial charge in [-0.2, -0.15) is 0 Å². The molecule has 0 aromatic heterocycles. The zero-order valence-electron chi connectivity index (χ0n) is 12.2. The van der Waals surface area contributed by atoms with Gasteiger partial charge in [0, 0.05) is 13.2 Å². The molecular weight excluding hydrogens is 256 g/mol. The quantitative estimate of drug-likeness (QED) is 0.791. The van der Waals surface area contributed by atoms with Crippen LogP contribution in [0.2, 0.25) is 0 Å². The molecule has 1 rings (SSSR count). The van der Waals surface area contributed by atoms with E-state index >= 15 is 0 Å². The minimum atomic E-state index is -0.789. The topological polar surface area (TPSA) is 81.4 Å². The van der Waals surface area contributed by atoms with Gasteiger partial charge in [-0.3, -0.25) is 9.59 Å². The number of nitrogens with one attached hydrogen (secondary N) is 1. The fraction of sp³-hybridized carbons (Fsp3) is 0.467. The average molecular weight is 278 g/mol. The average Bonchev–Trinajstić information content (AvgIpc) is 2.43. The van der Waals surface area contributed by atoms with Gasteiger partial charge in [0.25, 0.3) is 5.91 Å². The molecule has 5 nitrogen and oxygen atoms in total. The van der Waals surface area contributed by atoms with Gasteiger partial charge in [-0.15, -0.1) is 0 Å². The van der Waals surface area contributed by atoms with Crippen LogP contribution in [-0.4, -0.2) is 25.0 Å². The van der Waals surface area contributed by atoms with Crippen molar-refractivity contribution in [2.75, 3.05) is 13.2 Å². The molecule has 1 unspecified atom stereocenters. The van der Waals surface area contributed by atoms with Crippen LogP contribution >= 0.6 is 0 Å². The second-order valence-corrected chi connectivity index (χ2v) is 5.21. The van der Waals surface area contributed by atoms with Gasteiger partial charge in [0.15, 0.2) is 6.10 Å². The van der Waals surface area contributed by atoms with Crippen LogP contribution in [0.4, 0.5) is 0 Å². The minimum absolute atomic E-state index is 0.178. The molecule has 20 heavy (non-hydrogen) atoms. The van der Waals surface area contributed by atoms with Gasteiger partial charge in [-0.1, -0.05) is 30.3 Å². The van der Waals surface area contributed by atoms with Crippen molar-refractivity contribution in [1.82, 2.24) is 5.32 Å². The van der Waals surface area contributed by atoms with Gasteiger partial charge in [0.2, 0.25) is 5.91 Å². The summed E-state index contributed by atoms with van der Waals surface area (Å²) in [6, 6.07) is 9.24. The molecule has 5 heteroatoms.